The van der Waals surface area contributed by atoms with Crippen LogP contribution in [-0.2, 0) is 10.2 Å². The van der Waals surface area contributed by atoms with E-state index in [-0.39, 0.29) is 17.9 Å². The number of carbonyl (C=O) groups excluding carboxylic acids is 2. The highest BCUT2D eigenvalue weighted by Crippen LogP contribution is 2.28. The van der Waals surface area contributed by atoms with Crippen molar-refractivity contribution in [3.8, 4) is 22.9 Å². The Morgan fingerprint density at radius 2 is 1.47 bits per heavy atom. The zero-order chi connectivity index (χ0) is 26.5. The van der Waals surface area contributed by atoms with Gasteiger partial charge in [0.2, 0.25) is 5.91 Å². The second kappa shape index (κ2) is 11.0. The predicted molar refractivity (Wildman–Crippen MR) is 139 cm³/mol. The number of anilines is 2. The van der Waals surface area contributed by atoms with Crippen molar-refractivity contribution < 1.29 is 23.8 Å². The minimum absolute atomic E-state index is 0.175. The molecule has 0 aliphatic heterocycles. The molecule has 0 aliphatic rings. The Balaban J connectivity index is 1.74. The van der Waals surface area contributed by atoms with Crippen LogP contribution in [0.4, 0.5) is 16.3 Å². The maximum absolute atomic E-state index is 12.9. The van der Waals surface area contributed by atoms with Crippen molar-refractivity contribution in [3.05, 3.63) is 54.2 Å². The van der Waals surface area contributed by atoms with Crippen LogP contribution in [-0.4, -0.2) is 61.5 Å². The van der Waals surface area contributed by atoms with E-state index < -0.39 is 6.03 Å². The van der Waals surface area contributed by atoms with Gasteiger partial charge in [-0.15, -0.1) is 0 Å². The summed E-state index contributed by atoms with van der Waals surface area (Å²) < 4.78 is 17.4. The first-order chi connectivity index (χ1) is 17.0. The van der Waals surface area contributed by atoms with E-state index in [9.17, 15) is 9.59 Å². The summed E-state index contributed by atoms with van der Waals surface area (Å²) >= 11 is 0. The number of likely N-dealkylation sites (N-methyl/N-ethyl adjacent to an activating group) is 1. The van der Waals surface area contributed by atoms with Crippen LogP contribution in [0.15, 0.2) is 48.5 Å². The Bertz CT molecular complexity index is 1190. The molecule has 36 heavy (non-hydrogen) atoms. The van der Waals surface area contributed by atoms with Gasteiger partial charge in [-0.1, -0.05) is 20.8 Å². The number of nitrogens with zero attached hydrogens (tertiary/aromatic N) is 3. The number of benzene rings is 2. The molecule has 0 saturated heterocycles. The number of methoxy groups -OCH3 is 3. The smallest absolute Gasteiger partial charge is 0.322 e. The third-order valence-electron chi connectivity index (χ3n) is 5.39. The number of aromatic nitrogens is 2. The van der Waals surface area contributed by atoms with Gasteiger partial charge >= 0.3 is 6.03 Å². The van der Waals surface area contributed by atoms with Crippen molar-refractivity contribution in [2.24, 2.45) is 0 Å². The van der Waals surface area contributed by atoms with Gasteiger partial charge in [-0.25, -0.2) is 9.48 Å². The fraction of sp³-hybridized carbons (Fsp3) is 0.346. The van der Waals surface area contributed by atoms with Crippen molar-refractivity contribution >= 4 is 23.4 Å². The summed E-state index contributed by atoms with van der Waals surface area (Å²) in [5.74, 6) is 1.92. The van der Waals surface area contributed by atoms with Crippen LogP contribution in [0.5, 0.6) is 17.2 Å². The van der Waals surface area contributed by atoms with Crippen LogP contribution in [0, 0.1) is 0 Å². The number of carbonyl (C=O) groups is 2. The molecule has 10 heteroatoms. The van der Waals surface area contributed by atoms with Crippen molar-refractivity contribution in [1.82, 2.24) is 14.7 Å². The second-order valence-electron chi connectivity index (χ2n) is 9.21. The molecule has 2 aromatic carbocycles. The summed E-state index contributed by atoms with van der Waals surface area (Å²) in [5.41, 5.74) is 1.83. The van der Waals surface area contributed by atoms with Crippen LogP contribution < -0.4 is 24.8 Å². The van der Waals surface area contributed by atoms with Gasteiger partial charge in [-0.05, 0) is 24.3 Å². The normalized spacial score (nSPS) is 11.0. The SMILES string of the molecule is COc1ccc(-n2nc(C(C)(C)C)cc2NC(=O)CN(C)C(=O)Nc2cc(OC)cc(OC)c2)cc1. The first kappa shape index (κ1) is 26.4. The summed E-state index contributed by atoms with van der Waals surface area (Å²) in [6.07, 6.45) is 0. The maximum Gasteiger partial charge on any atom is 0.322 e. The number of nitrogens with one attached hydrogen (secondary N) is 2. The van der Waals surface area contributed by atoms with E-state index in [1.807, 2.05) is 51.1 Å². The lowest BCUT2D eigenvalue weighted by Gasteiger charge is -2.18. The number of urea groups is 1. The Morgan fingerprint density at radius 1 is 0.889 bits per heavy atom. The molecule has 2 N–H and O–H groups in total. The lowest BCUT2D eigenvalue weighted by Crippen LogP contribution is -2.37. The fourth-order valence-electron chi connectivity index (χ4n) is 3.32. The molecule has 0 fully saturated rings. The quantitative estimate of drug-likeness (QED) is 0.483. The minimum atomic E-state index is -0.459. The highest BCUT2D eigenvalue weighted by Gasteiger charge is 2.22. The van der Waals surface area contributed by atoms with Gasteiger partial charge in [-0.2, -0.15) is 5.10 Å². The lowest BCUT2D eigenvalue weighted by molar-refractivity contribution is -0.116. The Kier molecular flexibility index (Phi) is 8.08. The van der Waals surface area contributed by atoms with Crippen LogP contribution in [0.3, 0.4) is 0 Å². The molecule has 0 unspecified atom stereocenters. The molecular weight excluding hydrogens is 462 g/mol. The first-order valence-electron chi connectivity index (χ1n) is 11.3. The Hall–Kier alpha value is -4.21. The van der Waals surface area contributed by atoms with Gasteiger partial charge in [0.05, 0.1) is 32.7 Å². The molecule has 10 nitrogen and oxygen atoms in total. The van der Waals surface area contributed by atoms with E-state index in [2.05, 4.69) is 10.6 Å². The van der Waals surface area contributed by atoms with Crippen LogP contribution in [0.1, 0.15) is 26.5 Å². The second-order valence-corrected chi connectivity index (χ2v) is 9.21. The van der Waals surface area contributed by atoms with Crippen molar-refractivity contribution in [2.45, 2.75) is 26.2 Å². The zero-order valence-electron chi connectivity index (χ0n) is 21.7. The number of rotatable bonds is 8. The monoisotopic (exact) mass is 495 g/mol. The molecule has 0 aliphatic carbocycles. The molecule has 1 aromatic heterocycles. The van der Waals surface area contributed by atoms with Crippen molar-refractivity contribution in [1.29, 1.82) is 0 Å². The molecular formula is C26H33N5O5. The van der Waals surface area contributed by atoms with Crippen molar-refractivity contribution in [2.75, 3.05) is 45.6 Å². The van der Waals surface area contributed by atoms with Gasteiger partial charge in [0, 0.05) is 42.4 Å². The molecule has 0 atom stereocenters. The van der Waals surface area contributed by atoms with Crippen LogP contribution in [0.2, 0.25) is 0 Å². The average Bonchev–Trinajstić information content (AvgIpc) is 3.27. The summed E-state index contributed by atoms with van der Waals surface area (Å²) in [6.45, 7) is 5.96. The lowest BCUT2D eigenvalue weighted by atomic mass is 9.92. The third-order valence-corrected chi connectivity index (χ3v) is 5.39. The number of hydrogen-bond donors (Lipinski definition) is 2. The number of hydrogen-bond acceptors (Lipinski definition) is 6. The molecule has 3 aromatic rings. The summed E-state index contributed by atoms with van der Waals surface area (Å²) in [5, 5.41) is 10.3. The van der Waals surface area contributed by atoms with E-state index in [0.717, 1.165) is 11.4 Å². The molecule has 192 valence electrons. The summed E-state index contributed by atoms with van der Waals surface area (Å²) in [4.78, 5) is 26.9. The van der Waals surface area contributed by atoms with Gasteiger partial charge in [0.15, 0.2) is 0 Å². The molecule has 0 saturated carbocycles. The first-order valence-corrected chi connectivity index (χ1v) is 11.3. The number of amides is 3. The standard InChI is InChI=1S/C26H33N5O5/c1-26(2,3)22-15-23(31(29-22)18-8-10-19(34-5)11-9-18)28-24(32)16-30(4)25(33)27-17-12-20(35-6)14-21(13-17)36-7/h8-15H,16H2,1-7H3,(H,27,33)(H,28,32). The molecule has 0 spiro atoms. The molecule has 0 radical (unpaired) electrons. The van der Waals surface area contributed by atoms with E-state index >= 15 is 0 Å². The highest BCUT2D eigenvalue weighted by atomic mass is 16.5. The summed E-state index contributed by atoms with van der Waals surface area (Å²) in [6, 6.07) is 13.8. The molecule has 3 rings (SSSR count). The predicted octanol–water partition coefficient (Wildman–Crippen LogP) is 4.30. The van der Waals surface area contributed by atoms with E-state index in [1.165, 1.54) is 26.2 Å². The van der Waals surface area contributed by atoms with Gasteiger partial charge in [0.1, 0.15) is 29.6 Å². The Labute approximate surface area is 211 Å². The molecule has 1 heterocycles. The molecule has 0 bridgehead atoms. The minimum Gasteiger partial charge on any atom is -0.497 e. The van der Waals surface area contributed by atoms with Crippen molar-refractivity contribution in [3.63, 3.8) is 0 Å². The zero-order valence-corrected chi connectivity index (χ0v) is 21.7. The van der Waals surface area contributed by atoms with Gasteiger partial charge in [0.25, 0.3) is 0 Å². The Morgan fingerprint density at radius 3 is 2.00 bits per heavy atom. The van der Waals surface area contributed by atoms with Gasteiger partial charge in [-0.3, -0.25) is 4.79 Å². The average molecular weight is 496 g/mol. The molecule has 3 amide bonds. The van der Waals surface area contributed by atoms with Gasteiger partial charge < -0.3 is 29.7 Å². The van der Waals surface area contributed by atoms with Crippen LogP contribution >= 0.6 is 0 Å². The van der Waals surface area contributed by atoms with Crippen LogP contribution in [0.25, 0.3) is 5.69 Å². The van der Waals surface area contributed by atoms with E-state index in [0.29, 0.717) is 28.8 Å². The summed E-state index contributed by atoms with van der Waals surface area (Å²) in [7, 11) is 6.19. The maximum atomic E-state index is 12.9. The largest absolute Gasteiger partial charge is 0.497 e. The fourth-order valence-corrected chi connectivity index (χ4v) is 3.32. The topological polar surface area (TPSA) is 107 Å². The van der Waals surface area contributed by atoms with E-state index in [1.54, 1.807) is 30.0 Å². The number of ether oxygens (including phenoxy) is 3. The van der Waals surface area contributed by atoms with E-state index in [4.69, 9.17) is 19.3 Å². The highest BCUT2D eigenvalue weighted by molar-refractivity contribution is 5.96. The third kappa shape index (κ3) is 6.47.